The lowest BCUT2D eigenvalue weighted by Gasteiger charge is -2.33. The molecule has 0 spiro atoms. The first-order chi connectivity index (χ1) is 8.96. The number of nitrogens with zero attached hydrogens (tertiary/aromatic N) is 1. The smallest absolute Gasteiger partial charge is 0.422 e. The van der Waals surface area contributed by atoms with Gasteiger partial charge in [0.2, 0.25) is 0 Å². The second kappa shape index (κ2) is 5.69. The van der Waals surface area contributed by atoms with Gasteiger partial charge in [0, 0.05) is 19.1 Å². The van der Waals surface area contributed by atoms with Crippen LogP contribution in [-0.4, -0.2) is 31.9 Å². The third-order valence-electron chi connectivity index (χ3n) is 3.14. The third kappa shape index (κ3) is 4.02. The maximum Gasteiger partial charge on any atom is 0.422 e. The van der Waals surface area contributed by atoms with Crippen LogP contribution >= 0.6 is 0 Å². The Hall–Kier alpha value is -1.43. The fourth-order valence-corrected chi connectivity index (χ4v) is 2.14. The topological polar surface area (TPSA) is 38.5 Å². The Balaban J connectivity index is 2.08. The zero-order valence-corrected chi connectivity index (χ0v) is 10.5. The molecule has 2 rings (SSSR count). The molecule has 0 atom stereocenters. The van der Waals surface area contributed by atoms with Crippen LogP contribution in [0, 0.1) is 0 Å². The van der Waals surface area contributed by atoms with Gasteiger partial charge in [-0.25, -0.2) is 0 Å². The van der Waals surface area contributed by atoms with Gasteiger partial charge in [0.05, 0.1) is 5.69 Å². The molecule has 6 heteroatoms. The van der Waals surface area contributed by atoms with Gasteiger partial charge >= 0.3 is 6.18 Å². The van der Waals surface area contributed by atoms with Gasteiger partial charge in [-0.05, 0) is 25.0 Å². The highest BCUT2D eigenvalue weighted by Gasteiger charge is 2.29. The summed E-state index contributed by atoms with van der Waals surface area (Å²) in [6, 6.07) is 6.99. The van der Waals surface area contributed by atoms with Gasteiger partial charge in [0.1, 0.15) is 5.75 Å². The SMILES string of the molecule is NC1CCN(c2ccccc2OCC(F)(F)F)CC1. The van der Waals surface area contributed by atoms with Crippen molar-refractivity contribution < 1.29 is 17.9 Å². The Bertz CT molecular complexity index is 415. The summed E-state index contributed by atoms with van der Waals surface area (Å²) in [6.07, 6.45) is -2.64. The van der Waals surface area contributed by atoms with Crippen molar-refractivity contribution in [3.05, 3.63) is 24.3 Å². The van der Waals surface area contributed by atoms with Crippen molar-refractivity contribution in [2.24, 2.45) is 5.73 Å². The molecule has 0 aromatic heterocycles. The van der Waals surface area contributed by atoms with E-state index in [0.717, 1.165) is 25.9 Å². The maximum atomic E-state index is 12.2. The van der Waals surface area contributed by atoms with Crippen LogP contribution in [0.3, 0.4) is 0 Å². The molecule has 0 saturated carbocycles. The molecule has 0 radical (unpaired) electrons. The van der Waals surface area contributed by atoms with Crippen molar-refractivity contribution in [3.8, 4) is 5.75 Å². The Morgan fingerprint density at radius 1 is 1.21 bits per heavy atom. The molecular formula is C13H17F3N2O. The van der Waals surface area contributed by atoms with E-state index in [2.05, 4.69) is 0 Å². The van der Waals surface area contributed by atoms with E-state index in [9.17, 15) is 13.2 Å². The van der Waals surface area contributed by atoms with E-state index >= 15 is 0 Å². The van der Waals surface area contributed by atoms with E-state index in [1.807, 2.05) is 4.90 Å². The lowest BCUT2D eigenvalue weighted by Crippen LogP contribution is -2.39. The molecule has 1 aromatic carbocycles. The summed E-state index contributed by atoms with van der Waals surface area (Å²) >= 11 is 0. The summed E-state index contributed by atoms with van der Waals surface area (Å²) in [4.78, 5) is 2.02. The first-order valence-corrected chi connectivity index (χ1v) is 6.25. The molecule has 2 N–H and O–H groups in total. The molecule has 106 valence electrons. The quantitative estimate of drug-likeness (QED) is 0.920. The minimum Gasteiger partial charge on any atom is -0.482 e. The molecule has 3 nitrogen and oxygen atoms in total. The van der Waals surface area contributed by atoms with E-state index < -0.39 is 12.8 Å². The van der Waals surface area contributed by atoms with E-state index in [-0.39, 0.29) is 11.8 Å². The van der Waals surface area contributed by atoms with Crippen LogP contribution in [0.2, 0.25) is 0 Å². The number of nitrogens with two attached hydrogens (primary N) is 1. The van der Waals surface area contributed by atoms with Gasteiger partial charge in [-0.2, -0.15) is 13.2 Å². The molecule has 1 aliphatic rings. The highest BCUT2D eigenvalue weighted by molar-refractivity contribution is 5.58. The zero-order chi connectivity index (χ0) is 13.9. The molecule has 0 amide bonds. The molecular weight excluding hydrogens is 257 g/mol. The van der Waals surface area contributed by atoms with Gasteiger partial charge in [0.15, 0.2) is 6.61 Å². The average molecular weight is 274 g/mol. The minimum atomic E-state index is -4.32. The average Bonchev–Trinajstić information content (AvgIpc) is 2.37. The number of benzene rings is 1. The van der Waals surface area contributed by atoms with Crippen LogP contribution in [-0.2, 0) is 0 Å². The fourth-order valence-electron chi connectivity index (χ4n) is 2.14. The summed E-state index contributed by atoms with van der Waals surface area (Å²) in [5.41, 5.74) is 6.53. The predicted molar refractivity (Wildman–Crippen MR) is 67.4 cm³/mol. The lowest BCUT2D eigenvalue weighted by molar-refractivity contribution is -0.153. The predicted octanol–water partition coefficient (Wildman–Crippen LogP) is 2.56. The van der Waals surface area contributed by atoms with Gasteiger partial charge < -0.3 is 15.4 Å². The number of ether oxygens (including phenoxy) is 1. The van der Waals surface area contributed by atoms with Gasteiger partial charge in [-0.15, -0.1) is 0 Å². The van der Waals surface area contributed by atoms with Crippen LogP contribution in [0.5, 0.6) is 5.75 Å². The molecule has 1 saturated heterocycles. The number of anilines is 1. The fraction of sp³-hybridized carbons (Fsp3) is 0.538. The maximum absolute atomic E-state index is 12.2. The van der Waals surface area contributed by atoms with E-state index in [1.54, 1.807) is 24.3 Å². The molecule has 1 aliphatic heterocycles. The molecule has 0 bridgehead atoms. The van der Waals surface area contributed by atoms with Crippen molar-refractivity contribution in [1.29, 1.82) is 0 Å². The summed E-state index contributed by atoms with van der Waals surface area (Å²) in [5.74, 6) is 0.273. The zero-order valence-electron chi connectivity index (χ0n) is 10.5. The second-order valence-electron chi connectivity index (χ2n) is 4.70. The van der Waals surface area contributed by atoms with Crippen molar-refractivity contribution >= 4 is 5.69 Å². The van der Waals surface area contributed by atoms with E-state index in [4.69, 9.17) is 10.5 Å². The molecule has 1 heterocycles. The minimum absolute atomic E-state index is 0.180. The monoisotopic (exact) mass is 274 g/mol. The Morgan fingerprint density at radius 3 is 2.47 bits per heavy atom. The number of piperidine rings is 1. The van der Waals surface area contributed by atoms with Gasteiger partial charge in [0.25, 0.3) is 0 Å². The Labute approximate surface area is 110 Å². The Morgan fingerprint density at radius 2 is 1.84 bits per heavy atom. The molecule has 19 heavy (non-hydrogen) atoms. The van der Waals surface area contributed by atoms with Crippen LogP contribution < -0.4 is 15.4 Å². The highest BCUT2D eigenvalue weighted by Crippen LogP contribution is 2.31. The van der Waals surface area contributed by atoms with Gasteiger partial charge in [-0.3, -0.25) is 0 Å². The molecule has 0 aliphatic carbocycles. The number of hydrogen-bond donors (Lipinski definition) is 1. The first-order valence-electron chi connectivity index (χ1n) is 6.25. The summed E-state index contributed by atoms with van der Waals surface area (Å²) in [6.45, 7) is 0.221. The normalized spacial score (nSPS) is 17.6. The van der Waals surface area contributed by atoms with Crippen LogP contribution in [0.4, 0.5) is 18.9 Å². The molecule has 1 fully saturated rings. The summed E-state index contributed by atoms with van der Waals surface area (Å²) < 4.78 is 41.5. The van der Waals surface area contributed by atoms with Crippen molar-refractivity contribution in [2.45, 2.75) is 25.1 Å². The molecule has 1 aromatic rings. The Kier molecular flexibility index (Phi) is 4.19. The van der Waals surface area contributed by atoms with Crippen molar-refractivity contribution in [2.75, 3.05) is 24.6 Å². The number of hydrogen-bond acceptors (Lipinski definition) is 3. The van der Waals surface area contributed by atoms with Crippen LogP contribution in [0.1, 0.15) is 12.8 Å². The lowest BCUT2D eigenvalue weighted by atomic mass is 10.1. The van der Waals surface area contributed by atoms with Crippen molar-refractivity contribution in [1.82, 2.24) is 0 Å². The van der Waals surface area contributed by atoms with Crippen LogP contribution in [0.15, 0.2) is 24.3 Å². The molecule has 0 unspecified atom stereocenters. The first kappa shape index (κ1) is 14.0. The summed E-state index contributed by atoms with van der Waals surface area (Å²) in [7, 11) is 0. The van der Waals surface area contributed by atoms with Crippen molar-refractivity contribution in [3.63, 3.8) is 0 Å². The number of halogens is 3. The van der Waals surface area contributed by atoms with E-state index in [0.29, 0.717) is 5.69 Å². The third-order valence-corrected chi connectivity index (χ3v) is 3.14. The summed E-state index contributed by atoms with van der Waals surface area (Å²) in [5, 5.41) is 0. The number of rotatable bonds is 3. The standard InChI is InChI=1S/C13H17F3N2O/c14-13(15,16)9-19-12-4-2-1-3-11(12)18-7-5-10(17)6-8-18/h1-4,10H,5-9,17H2. The van der Waals surface area contributed by atoms with E-state index in [1.165, 1.54) is 0 Å². The number of para-hydroxylation sites is 2. The highest BCUT2D eigenvalue weighted by atomic mass is 19.4. The number of alkyl halides is 3. The second-order valence-corrected chi connectivity index (χ2v) is 4.70. The van der Waals surface area contributed by atoms with Crippen LogP contribution in [0.25, 0.3) is 0 Å². The largest absolute Gasteiger partial charge is 0.482 e. The van der Waals surface area contributed by atoms with Gasteiger partial charge in [-0.1, -0.05) is 12.1 Å².